The Kier molecular flexibility index (Phi) is 8.47. The van der Waals surface area contributed by atoms with Gasteiger partial charge in [0.1, 0.15) is 6.10 Å². The van der Waals surface area contributed by atoms with Crippen molar-refractivity contribution in [3.63, 3.8) is 0 Å². The molecular formula is C32H32ClN3O4. The normalized spacial score (nSPS) is 12.3. The summed E-state index contributed by atoms with van der Waals surface area (Å²) in [6.45, 7) is 4.98. The summed E-state index contributed by atoms with van der Waals surface area (Å²) in [7, 11) is 3.48. The predicted octanol–water partition coefficient (Wildman–Crippen LogP) is 7.12. The molecule has 0 aliphatic heterocycles. The van der Waals surface area contributed by atoms with Crippen LogP contribution < -0.4 is 4.74 Å². The van der Waals surface area contributed by atoms with Crippen molar-refractivity contribution >= 4 is 22.5 Å². The number of hydrogen-bond acceptors (Lipinski definition) is 6. The highest BCUT2D eigenvalue weighted by atomic mass is 35.5. The molecule has 0 aliphatic carbocycles. The number of aryl methyl sites for hydroxylation is 1. The van der Waals surface area contributed by atoms with Gasteiger partial charge in [-0.15, -0.1) is 0 Å². The molecule has 1 atom stereocenters. The molecule has 0 fully saturated rings. The quantitative estimate of drug-likeness (QED) is 0.184. The van der Waals surface area contributed by atoms with Crippen LogP contribution in [0.3, 0.4) is 0 Å². The maximum absolute atomic E-state index is 11.2. The van der Waals surface area contributed by atoms with E-state index in [2.05, 4.69) is 4.98 Å². The number of pyridine rings is 1. The monoisotopic (exact) mass is 557 g/mol. The number of aliphatic hydroxyl groups excluding tert-OH is 1. The minimum absolute atomic E-state index is 0.441. The number of ether oxygens (including phenoxy) is 3. The molecular weight excluding hydrogens is 526 g/mol. The SMILES string of the molecule is CCOC(OCC)c1ccc(-c2c(OC)nc3ccc(C(O)c4cncn4C)cc3c2-c2cccc(Cl)c2)cc1. The van der Waals surface area contributed by atoms with Gasteiger partial charge in [-0.2, -0.15) is 0 Å². The highest BCUT2D eigenvalue weighted by Crippen LogP contribution is 2.44. The summed E-state index contributed by atoms with van der Waals surface area (Å²) in [5.41, 5.74) is 6.62. The Labute approximate surface area is 239 Å². The maximum atomic E-state index is 11.2. The van der Waals surface area contributed by atoms with Gasteiger partial charge in [0.05, 0.1) is 36.4 Å². The highest BCUT2D eigenvalue weighted by Gasteiger charge is 2.22. The van der Waals surface area contributed by atoms with Crippen LogP contribution in [-0.4, -0.2) is 40.0 Å². The molecule has 0 saturated carbocycles. The Bertz CT molecular complexity index is 1610. The molecule has 0 saturated heterocycles. The second-order valence-corrected chi connectivity index (χ2v) is 9.79. The van der Waals surface area contributed by atoms with Crippen molar-refractivity contribution in [2.24, 2.45) is 7.05 Å². The van der Waals surface area contributed by atoms with E-state index in [0.717, 1.165) is 44.3 Å². The van der Waals surface area contributed by atoms with Crippen LogP contribution in [0.5, 0.6) is 5.88 Å². The van der Waals surface area contributed by atoms with E-state index in [9.17, 15) is 5.11 Å². The van der Waals surface area contributed by atoms with Gasteiger partial charge < -0.3 is 23.9 Å². The molecule has 5 rings (SSSR count). The lowest BCUT2D eigenvalue weighted by molar-refractivity contribution is -0.140. The van der Waals surface area contributed by atoms with Crippen molar-refractivity contribution in [2.75, 3.05) is 20.3 Å². The first-order valence-corrected chi connectivity index (χ1v) is 13.6. The summed E-state index contributed by atoms with van der Waals surface area (Å²) in [5.74, 6) is 0.487. The van der Waals surface area contributed by atoms with Crippen molar-refractivity contribution < 1.29 is 19.3 Å². The maximum Gasteiger partial charge on any atom is 0.222 e. The number of fused-ring (bicyclic) bond motifs is 1. The number of hydrogen-bond donors (Lipinski definition) is 1. The van der Waals surface area contributed by atoms with Crippen molar-refractivity contribution in [1.82, 2.24) is 14.5 Å². The third kappa shape index (κ3) is 5.46. The molecule has 5 aromatic rings. The minimum atomic E-state index is -0.858. The Morgan fingerprint density at radius 3 is 2.25 bits per heavy atom. The Morgan fingerprint density at radius 2 is 1.62 bits per heavy atom. The number of imidazole rings is 1. The molecule has 8 heteroatoms. The summed E-state index contributed by atoms with van der Waals surface area (Å²) >= 11 is 6.48. The van der Waals surface area contributed by atoms with Gasteiger partial charge >= 0.3 is 0 Å². The van der Waals surface area contributed by atoms with Crippen LogP contribution >= 0.6 is 11.6 Å². The van der Waals surface area contributed by atoms with Crippen molar-refractivity contribution in [3.8, 4) is 28.1 Å². The molecule has 40 heavy (non-hydrogen) atoms. The Hall–Kier alpha value is -3.75. The standard InChI is InChI=1S/C32H32ClN3O4/c1-5-39-32(40-6-2)21-12-10-20(11-13-21)29-28(22-8-7-9-24(33)16-22)25-17-23(14-15-26(25)35-31(29)38-4)30(37)27-18-34-19-36(27)3/h7-19,30,32,37H,5-6H2,1-4H3. The van der Waals surface area contributed by atoms with Gasteiger partial charge in [-0.1, -0.05) is 54.1 Å². The van der Waals surface area contributed by atoms with E-state index in [4.69, 9.17) is 30.8 Å². The molecule has 0 radical (unpaired) electrons. The first-order valence-electron chi connectivity index (χ1n) is 13.2. The fraction of sp³-hybridized carbons (Fsp3) is 0.250. The largest absolute Gasteiger partial charge is 0.481 e. The minimum Gasteiger partial charge on any atom is -0.481 e. The average Bonchev–Trinajstić information content (AvgIpc) is 3.41. The van der Waals surface area contributed by atoms with E-state index in [1.807, 2.05) is 92.2 Å². The van der Waals surface area contributed by atoms with Crippen LogP contribution in [0.1, 0.15) is 43.1 Å². The number of nitrogens with zero attached hydrogens (tertiary/aromatic N) is 3. The number of aliphatic hydroxyl groups is 1. The third-order valence-electron chi connectivity index (χ3n) is 6.84. The van der Waals surface area contributed by atoms with E-state index in [-0.39, 0.29) is 0 Å². The van der Waals surface area contributed by atoms with E-state index in [1.165, 1.54) is 0 Å². The van der Waals surface area contributed by atoms with Gasteiger partial charge in [-0.05, 0) is 54.8 Å². The van der Waals surface area contributed by atoms with Crippen LogP contribution in [0.25, 0.3) is 33.2 Å². The number of methoxy groups -OCH3 is 1. The van der Waals surface area contributed by atoms with Crippen LogP contribution in [0, 0.1) is 0 Å². The van der Waals surface area contributed by atoms with Crippen LogP contribution in [0.4, 0.5) is 0 Å². The van der Waals surface area contributed by atoms with Gasteiger partial charge in [-0.25, -0.2) is 9.97 Å². The van der Waals surface area contributed by atoms with Gasteiger partial charge in [0, 0.05) is 41.8 Å². The van der Waals surface area contributed by atoms with Gasteiger partial charge in [0.15, 0.2) is 6.29 Å². The molecule has 206 valence electrons. The number of benzene rings is 3. The molecule has 2 aromatic heterocycles. The lowest BCUT2D eigenvalue weighted by Gasteiger charge is -2.20. The van der Waals surface area contributed by atoms with E-state index >= 15 is 0 Å². The molecule has 2 heterocycles. The summed E-state index contributed by atoms with van der Waals surface area (Å²) < 4.78 is 19.2. The Morgan fingerprint density at radius 1 is 0.900 bits per heavy atom. The van der Waals surface area contributed by atoms with Gasteiger partial charge in [-0.3, -0.25) is 0 Å². The topological polar surface area (TPSA) is 78.6 Å². The number of aromatic nitrogens is 3. The molecule has 1 unspecified atom stereocenters. The Balaban J connectivity index is 1.74. The molecule has 7 nitrogen and oxygen atoms in total. The van der Waals surface area contributed by atoms with Crippen molar-refractivity contribution in [1.29, 1.82) is 0 Å². The first-order chi connectivity index (χ1) is 19.4. The molecule has 3 aromatic carbocycles. The second-order valence-electron chi connectivity index (χ2n) is 9.35. The molecule has 1 N–H and O–H groups in total. The zero-order valence-electron chi connectivity index (χ0n) is 23.0. The van der Waals surface area contributed by atoms with Gasteiger partial charge in [0.25, 0.3) is 0 Å². The zero-order valence-corrected chi connectivity index (χ0v) is 23.7. The fourth-order valence-corrected chi connectivity index (χ4v) is 5.13. The molecule has 0 aliphatic rings. The average molecular weight is 558 g/mol. The number of rotatable bonds is 10. The predicted molar refractivity (Wildman–Crippen MR) is 157 cm³/mol. The van der Waals surface area contributed by atoms with Crippen LogP contribution in [0.15, 0.2) is 79.3 Å². The summed E-state index contributed by atoms with van der Waals surface area (Å²) in [5, 5.41) is 12.7. The fourth-order valence-electron chi connectivity index (χ4n) is 4.94. The van der Waals surface area contributed by atoms with Crippen molar-refractivity contribution in [3.05, 3.63) is 101 Å². The van der Waals surface area contributed by atoms with E-state index in [1.54, 1.807) is 19.6 Å². The highest BCUT2D eigenvalue weighted by molar-refractivity contribution is 6.31. The lowest BCUT2D eigenvalue weighted by Crippen LogP contribution is -2.08. The third-order valence-corrected chi connectivity index (χ3v) is 7.07. The first kappa shape index (κ1) is 27.8. The zero-order chi connectivity index (χ0) is 28.2. The van der Waals surface area contributed by atoms with Gasteiger partial charge in [0.2, 0.25) is 5.88 Å². The lowest BCUT2D eigenvalue weighted by atomic mass is 9.90. The molecule has 0 spiro atoms. The number of halogens is 1. The smallest absolute Gasteiger partial charge is 0.222 e. The van der Waals surface area contributed by atoms with Crippen LogP contribution in [-0.2, 0) is 16.5 Å². The summed E-state index contributed by atoms with van der Waals surface area (Å²) in [6, 6.07) is 21.5. The van der Waals surface area contributed by atoms with E-state index in [0.29, 0.717) is 29.8 Å². The molecule has 0 amide bonds. The summed E-state index contributed by atoms with van der Waals surface area (Å²) in [4.78, 5) is 9.04. The summed E-state index contributed by atoms with van der Waals surface area (Å²) in [6.07, 6.45) is 2.04. The van der Waals surface area contributed by atoms with Crippen LogP contribution in [0.2, 0.25) is 5.02 Å². The van der Waals surface area contributed by atoms with E-state index < -0.39 is 12.4 Å². The second kappa shape index (κ2) is 12.2. The molecule has 0 bridgehead atoms. The van der Waals surface area contributed by atoms with Crippen molar-refractivity contribution in [2.45, 2.75) is 26.2 Å².